The topological polar surface area (TPSA) is 147 Å². The monoisotopic (exact) mass is 624 g/mol. The van der Waals surface area contributed by atoms with Crippen LogP contribution in [0.2, 0.25) is 0 Å². The van der Waals surface area contributed by atoms with Crippen LogP contribution in [0.3, 0.4) is 0 Å². The van der Waals surface area contributed by atoms with Gasteiger partial charge < -0.3 is 52.5 Å². The number of carbonyl (C=O) groups is 2. The SMILES string of the molecule is C=CCOC(=O)O[C@@H]1COC(Oc2c3c(c(-c4ccc5c(c4)OCO5)c4cc(OC)c(OC)cc24)COC3)[C@H](O)[C@H]1OC(C)=O. The van der Waals surface area contributed by atoms with Crippen molar-refractivity contribution in [1.82, 2.24) is 0 Å². The molecule has 3 aliphatic heterocycles. The lowest BCUT2D eigenvalue weighted by Crippen LogP contribution is -2.57. The van der Waals surface area contributed by atoms with Crippen LogP contribution >= 0.6 is 0 Å². The summed E-state index contributed by atoms with van der Waals surface area (Å²) in [5.41, 5.74) is 3.32. The maximum atomic E-state index is 12.1. The number of hydrogen-bond donors (Lipinski definition) is 1. The van der Waals surface area contributed by atoms with E-state index in [2.05, 4.69) is 6.58 Å². The zero-order valence-electron chi connectivity index (χ0n) is 24.9. The Kier molecular flexibility index (Phi) is 8.57. The van der Waals surface area contributed by atoms with Gasteiger partial charge in [0.25, 0.3) is 0 Å². The van der Waals surface area contributed by atoms with Crippen molar-refractivity contribution in [3.8, 4) is 39.9 Å². The maximum Gasteiger partial charge on any atom is 0.509 e. The van der Waals surface area contributed by atoms with Crippen molar-refractivity contribution in [3.05, 3.63) is 54.1 Å². The minimum absolute atomic E-state index is 0.0876. The fourth-order valence-corrected chi connectivity index (χ4v) is 5.67. The number of carbonyl (C=O) groups excluding carboxylic acids is 2. The molecule has 13 heteroatoms. The Balaban J connectivity index is 1.42. The number of fused-ring (bicyclic) bond motifs is 3. The van der Waals surface area contributed by atoms with Crippen molar-refractivity contribution >= 4 is 22.9 Å². The number of esters is 1. The van der Waals surface area contributed by atoms with Crippen LogP contribution in [0.5, 0.6) is 28.7 Å². The highest BCUT2D eigenvalue weighted by molar-refractivity contribution is 6.05. The minimum atomic E-state index is -1.55. The predicted molar refractivity (Wildman–Crippen MR) is 155 cm³/mol. The highest BCUT2D eigenvalue weighted by atomic mass is 16.8. The van der Waals surface area contributed by atoms with Crippen molar-refractivity contribution in [2.45, 2.75) is 44.7 Å². The first kappa shape index (κ1) is 30.3. The van der Waals surface area contributed by atoms with Crippen LogP contribution in [0.25, 0.3) is 21.9 Å². The molecule has 0 bridgehead atoms. The fraction of sp³-hybridized carbons (Fsp3) is 0.375. The standard InChI is InChI=1S/C32H32O13/c1-5-8-39-32(35)44-26-14-40-31(28(34)30(26)43-16(2)33)45-29-19-11-24(37-4)23(36-3)10-18(19)27(20-12-38-13-21(20)29)17-6-7-22-25(9-17)42-15-41-22/h5-7,9-11,26,28,30-31,34H,1,8,12-15H2,2-4H3/t26-,28-,30+,31?/m1/s1. The minimum Gasteiger partial charge on any atom is -0.493 e. The first-order valence-corrected chi connectivity index (χ1v) is 14.1. The zero-order valence-corrected chi connectivity index (χ0v) is 24.9. The molecule has 3 aromatic rings. The van der Waals surface area contributed by atoms with E-state index in [9.17, 15) is 14.7 Å². The third kappa shape index (κ3) is 5.77. The third-order valence-corrected chi connectivity index (χ3v) is 7.64. The van der Waals surface area contributed by atoms with Gasteiger partial charge in [0.15, 0.2) is 41.3 Å². The summed E-state index contributed by atoms with van der Waals surface area (Å²) >= 11 is 0. The summed E-state index contributed by atoms with van der Waals surface area (Å²) in [5, 5.41) is 12.7. The number of aliphatic hydroxyl groups is 1. The van der Waals surface area contributed by atoms with Gasteiger partial charge in [-0.2, -0.15) is 0 Å². The van der Waals surface area contributed by atoms with E-state index in [1.54, 1.807) is 13.2 Å². The molecule has 0 saturated carbocycles. The average molecular weight is 625 g/mol. The second-order valence-corrected chi connectivity index (χ2v) is 10.4. The number of aliphatic hydroxyl groups excluding tert-OH is 1. The van der Waals surface area contributed by atoms with Crippen LogP contribution in [0, 0.1) is 0 Å². The van der Waals surface area contributed by atoms with Gasteiger partial charge in [-0.15, -0.1) is 0 Å². The van der Waals surface area contributed by atoms with Crippen molar-refractivity contribution in [2.75, 3.05) is 34.2 Å². The smallest absolute Gasteiger partial charge is 0.493 e. The molecule has 0 aliphatic carbocycles. The van der Waals surface area contributed by atoms with Crippen molar-refractivity contribution in [2.24, 2.45) is 0 Å². The Bertz CT molecular complexity index is 1630. The maximum absolute atomic E-state index is 12.1. The zero-order chi connectivity index (χ0) is 31.7. The first-order chi connectivity index (χ1) is 21.8. The van der Waals surface area contributed by atoms with Gasteiger partial charge in [0, 0.05) is 17.9 Å². The normalized spacial score (nSPS) is 21.5. The molecule has 0 radical (unpaired) electrons. The quantitative estimate of drug-likeness (QED) is 0.270. The number of hydrogen-bond acceptors (Lipinski definition) is 13. The molecular weight excluding hydrogens is 592 g/mol. The van der Waals surface area contributed by atoms with Gasteiger partial charge in [-0.3, -0.25) is 4.79 Å². The summed E-state index contributed by atoms with van der Waals surface area (Å²) in [6, 6.07) is 9.32. The molecule has 1 unspecified atom stereocenters. The molecule has 3 heterocycles. The Morgan fingerprint density at radius 3 is 2.47 bits per heavy atom. The molecule has 1 saturated heterocycles. The highest BCUT2D eigenvalue weighted by Gasteiger charge is 2.46. The van der Waals surface area contributed by atoms with Gasteiger partial charge >= 0.3 is 12.1 Å². The second kappa shape index (κ2) is 12.7. The number of methoxy groups -OCH3 is 2. The van der Waals surface area contributed by atoms with E-state index in [0.29, 0.717) is 34.1 Å². The van der Waals surface area contributed by atoms with E-state index in [0.717, 1.165) is 27.6 Å². The molecule has 0 aromatic heterocycles. The summed E-state index contributed by atoms with van der Waals surface area (Å²) in [5.74, 6) is 1.88. The lowest BCUT2D eigenvalue weighted by atomic mass is 9.89. The molecule has 0 spiro atoms. The molecule has 1 fully saturated rings. The Morgan fingerprint density at radius 2 is 1.73 bits per heavy atom. The first-order valence-electron chi connectivity index (χ1n) is 14.1. The summed E-state index contributed by atoms with van der Waals surface area (Å²) < 4.78 is 56.2. The van der Waals surface area contributed by atoms with E-state index in [-0.39, 0.29) is 33.2 Å². The lowest BCUT2D eigenvalue weighted by molar-refractivity contribution is -0.250. The summed E-state index contributed by atoms with van der Waals surface area (Å²) in [6.07, 6.45) is -5.01. The Hall–Kier alpha value is -4.72. The molecule has 238 valence electrons. The number of rotatable bonds is 9. The number of ether oxygens (including phenoxy) is 10. The number of benzene rings is 3. The van der Waals surface area contributed by atoms with Gasteiger partial charge in [0.1, 0.15) is 12.4 Å². The molecule has 3 aromatic carbocycles. The summed E-state index contributed by atoms with van der Waals surface area (Å²) in [4.78, 5) is 24.1. The molecule has 3 aliphatic rings. The third-order valence-electron chi connectivity index (χ3n) is 7.64. The van der Waals surface area contributed by atoms with E-state index in [1.807, 2.05) is 24.3 Å². The van der Waals surface area contributed by atoms with E-state index < -0.39 is 36.7 Å². The van der Waals surface area contributed by atoms with Crippen molar-refractivity contribution < 1.29 is 62.1 Å². The van der Waals surface area contributed by atoms with Crippen molar-refractivity contribution in [3.63, 3.8) is 0 Å². The van der Waals surface area contributed by atoms with Crippen molar-refractivity contribution in [1.29, 1.82) is 0 Å². The fourth-order valence-electron chi connectivity index (χ4n) is 5.67. The van der Waals surface area contributed by atoms with Crippen LogP contribution < -0.4 is 23.7 Å². The molecule has 45 heavy (non-hydrogen) atoms. The van der Waals surface area contributed by atoms with Gasteiger partial charge in [-0.1, -0.05) is 18.7 Å². The molecule has 13 nitrogen and oxygen atoms in total. The summed E-state index contributed by atoms with van der Waals surface area (Å²) in [6.45, 7) is 4.95. The average Bonchev–Trinajstić information content (AvgIpc) is 3.71. The lowest BCUT2D eigenvalue weighted by Gasteiger charge is -2.38. The van der Waals surface area contributed by atoms with Gasteiger partial charge in [0.2, 0.25) is 13.1 Å². The van der Waals surface area contributed by atoms with Gasteiger partial charge in [0.05, 0.1) is 34.0 Å². The van der Waals surface area contributed by atoms with Gasteiger partial charge in [-0.05, 0) is 46.3 Å². The molecule has 0 amide bonds. The van der Waals surface area contributed by atoms with Crippen LogP contribution in [-0.2, 0) is 41.7 Å². The largest absolute Gasteiger partial charge is 0.509 e. The molecule has 1 N–H and O–H groups in total. The Labute approximate surface area is 258 Å². The summed E-state index contributed by atoms with van der Waals surface area (Å²) in [7, 11) is 3.07. The van der Waals surface area contributed by atoms with Crippen LogP contribution in [0.4, 0.5) is 4.79 Å². The van der Waals surface area contributed by atoms with Gasteiger partial charge in [-0.25, -0.2) is 4.79 Å². The van der Waals surface area contributed by atoms with E-state index in [1.165, 1.54) is 20.1 Å². The highest BCUT2D eigenvalue weighted by Crippen LogP contribution is 2.49. The predicted octanol–water partition coefficient (Wildman–Crippen LogP) is 4.02. The second-order valence-electron chi connectivity index (χ2n) is 10.4. The molecular formula is C32H32O13. The Morgan fingerprint density at radius 1 is 1.00 bits per heavy atom. The molecule has 4 atom stereocenters. The van der Waals surface area contributed by atoms with Crippen LogP contribution in [-0.4, -0.2) is 76.1 Å². The molecule has 6 rings (SSSR count). The van der Waals surface area contributed by atoms with Crippen LogP contribution in [0.15, 0.2) is 43.0 Å². The van der Waals surface area contributed by atoms with E-state index in [4.69, 9.17) is 47.4 Å². The van der Waals surface area contributed by atoms with E-state index >= 15 is 0 Å². The van der Waals surface area contributed by atoms with Crippen LogP contribution in [0.1, 0.15) is 18.1 Å².